The third-order valence-electron chi connectivity index (χ3n) is 4.95. The summed E-state index contributed by atoms with van der Waals surface area (Å²) in [6, 6.07) is 5.36. The van der Waals surface area contributed by atoms with Gasteiger partial charge >= 0.3 is 6.18 Å². The molecule has 3 nitrogen and oxygen atoms in total. The van der Waals surface area contributed by atoms with Gasteiger partial charge in [-0.25, -0.2) is 0 Å². The maximum Gasteiger partial charge on any atom is 0.416 e. The molecule has 2 aliphatic rings. The summed E-state index contributed by atoms with van der Waals surface area (Å²) in [6.45, 7) is 4.68. The van der Waals surface area contributed by atoms with Crippen LogP contribution in [0.1, 0.15) is 36.8 Å². The van der Waals surface area contributed by atoms with Crippen molar-refractivity contribution in [3.8, 4) is 0 Å². The van der Waals surface area contributed by atoms with Crippen LogP contribution >= 0.6 is 0 Å². The maximum absolute atomic E-state index is 12.8. The Morgan fingerprint density at radius 1 is 1.38 bits per heavy atom. The first-order valence-electron chi connectivity index (χ1n) is 8.43. The fourth-order valence-electron chi connectivity index (χ4n) is 3.43. The van der Waals surface area contributed by atoms with Gasteiger partial charge in [0.2, 0.25) is 5.91 Å². The molecule has 2 fully saturated rings. The minimum atomic E-state index is -4.34. The third kappa shape index (κ3) is 3.74. The van der Waals surface area contributed by atoms with Crippen LogP contribution in [0.3, 0.4) is 0 Å². The van der Waals surface area contributed by atoms with Gasteiger partial charge in [-0.1, -0.05) is 18.2 Å². The van der Waals surface area contributed by atoms with E-state index in [0.717, 1.165) is 19.1 Å². The third-order valence-corrected chi connectivity index (χ3v) is 4.95. The normalized spacial score (nSPS) is 26.4. The molecule has 3 rings (SSSR count). The smallest absolute Gasteiger partial charge is 0.381 e. The number of ether oxygens (including phenoxy) is 1. The summed E-state index contributed by atoms with van der Waals surface area (Å²) in [5.74, 6) is 0.163. The van der Waals surface area contributed by atoms with E-state index in [9.17, 15) is 18.0 Å². The Morgan fingerprint density at radius 2 is 2.17 bits per heavy atom. The first-order valence-corrected chi connectivity index (χ1v) is 8.43. The van der Waals surface area contributed by atoms with Gasteiger partial charge < -0.3 is 9.64 Å². The topological polar surface area (TPSA) is 29.5 Å². The van der Waals surface area contributed by atoms with E-state index >= 15 is 0 Å². The number of amides is 1. The lowest BCUT2D eigenvalue weighted by molar-refractivity contribution is -0.137. The van der Waals surface area contributed by atoms with Crippen molar-refractivity contribution in [3.63, 3.8) is 0 Å². The van der Waals surface area contributed by atoms with E-state index in [-0.39, 0.29) is 17.7 Å². The standard InChI is InChI=1S/C18H22F3NO2/c1-2-22(10-12-6-7-24-11-12)17(23)16-9-15(16)13-4-3-5-14(8-13)18(19,20)21/h3-5,8,12,15-16H,2,6-7,9-11H2,1H3/t12-,15+,16+/m0/s1. The highest BCUT2D eigenvalue weighted by Crippen LogP contribution is 2.49. The van der Waals surface area contributed by atoms with Gasteiger partial charge in [0.25, 0.3) is 0 Å². The highest BCUT2D eigenvalue weighted by atomic mass is 19.4. The van der Waals surface area contributed by atoms with Crippen LogP contribution in [0.4, 0.5) is 13.2 Å². The summed E-state index contributed by atoms with van der Waals surface area (Å²) >= 11 is 0. The van der Waals surface area contributed by atoms with Crippen molar-refractivity contribution >= 4 is 5.91 Å². The minimum Gasteiger partial charge on any atom is -0.381 e. The zero-order chi connectivity index (χ0) is 17.3. The molecule has 0 aromatic heterocycles. The lowest BCUT2D eigenvalue weighted by Gasteiger charge is -2.24. The fourth-order valence-corrected chi connectivity index (χ4v) is 3.43. The van der Waals surface area contributed by atoms with Crippen LogP contribution in [-0.2, 0) is 15.7 Å². The molecule has 3 atom stereocenters. The number of hydrogen-bond acceptors (Lipinski definition) is 2. The number of benzene rings is 1. The number of nitrogens with zero attached hydrogens (tertiary/aromatic N) is 1. The Bertz CT molecular complexity index is 596. The van der Waals surface area contributed by atoms with E-state index in [1.165, 1.54) is 12.1 Å². The summed E-state index contributed by atoms with van der Waals surface area (Å²) in [6.07, 6.45) is -2.74. The lowest BCUT2D eigenvalue weighted by Crippen LogP contribution is -2.36. The number of carbonyl (C=O) groups is 1. The Balaban J connectivity index is 1.64. The number of carbonyl (C=O) groups excluding carboxylic acids is 1. The van der Waals surface area contributed by atoms with Crippen LogP contribution in [0.2, 0.25) is 0 Å². The van der Waals surface area contributed by atoms with E-state index < -0.39 is 11.7 Å². The summed E-state index contributed by atoms with van der Waals surface area (Å²) in [5.41, 5.74) is -0.0306. The molecule has 0 radical (unpaired) electrons. The molecule has 1 saturated heterocycles. The molecule has 1 amide bonds. The Kier molecular flexibility index (Phi) is 4.85. The van der Waals surface area contributed by atoms with Crippen LogP contribution in [-0.4, -0.2) is 37.1 Å². The van der Waals surface area contributed by atoms with Crippen molar-refractivity contribution in [1.29, 1.82) is 0 Å². The molecule has 0 spiro atoms. The SMILES string of the molecule is CCN(C[C@@H]1CCOC1)C(=O)[C@@H]1C[C@@H]1c1cccc(C(F)(F)F)c1. The molecule has 0 bridgehead atoms. The highest BCUT2D eigenvalue weighted by Gasteiger charge is 2.46. The van der Waals surface area contributed by atoms with E-state index in [1.54, 1.807) is 6.07 Å². The number of hydrogen-bond donors (Lipinski definition) is 0. The van der Waals surface area contributed by atoms with E-state index in [0.29, 0.717) is 37.6 Å². The van der Waals surface area contributed by atoms with Crippen molar-refractivity contribution in [3.05, 3.63) is 35.4 Å². The second-order valence-corrected chi connectivity index (χ2v) is 6.68. The van der Waals surface area contributed by atoms with Gasteiger partial charge in [-0.05, 0) is 37.3 Å². The second kappa shape index (κ2) is 6.75. The first kappa shape index (κ1) is 17.3. The molecular weight excluding hydrogens is 319 g/mol. The molecule has 0 unspecified atom stereocenters. The van der Waals surface area contributed by atoms with Crippen LogP contribution in [0.5, 0.6) is 0 Å². The van der Waals surface area contributed by atoms with Crippen molar-refractivity contribution < 1.29 is 22.7 Å². The van der Waals surface area contributed by atoms with Gasteiger partial charge in [0.15, 0.2) is 0 Å². The molecule has 1 aliphatic carbocycles. The highest BCUT2D eigenvalue weighted by molar-refractivity contribution is 5.83. The van der Waals surface area contributed by atoms with Gasteiger partial charge in [-0.3, -0.25) is 4.79 Å². The van der Waals surface area contributed by atoms with Crippen LogP contribution in [0.15, 0.2) is 24.3 Å². The zero-order valence-electron chi connectivity index (χ0n) is 13.7. The van der Waals surface area contributed by atoms with E-state index in [2.05, 4.69) is 0 Å². The molecule has 1 aromatic rings. The molecule has 1 saturated carbocycles. The second-order valence-electron chi connectivity index (χ2n) is 6.68. The molecule has 1 aromatic carbocycles. The van der Waals surface area contributed by atoms with Gasteiger partial charge in [0.1, 0.15) is 0 Å². The summed E-state index contributed by atoms with van der Waals surface area (Å²) in [5, 5.41) is 0. The van der Waals surface area contributed by atoms with Crippen molar-refractivity contribution in [1.82, 2.24) is 4.90 Å². The van der Waals surface area contributed by atoms with Crippen LogP contribution in [0, 0.1) is 11.8 Å². The van der Waals surface area contributed by atoms with E-state index in [4.69, 9.17) is 4.74 Å². The lowest BCUT2D eigenvalue weighted by atomic mass is 10.0. The molecule has 24 heavy (non-hydrogen) atoms. The average Bonchev–Trinajstić information content (AvgIpc) is 3.19. The van der Waals surface area contributed by atoms with Crippen LogP contribution in [0.25, 0.3) is 0 Å². The predicted octanol–water partition coefficient (Wildman–Crippen LogP) is 3.69. The monoisotopic (exact) mass is 341 g/mol. The Hall–Kier alpha value is -1.56. The van der Waals surface area contributed by atoms with Gasteiger partial charge in [-0.2, -0.15) is 13.2 Å². The van der Waals surface area contributed by atoms with Crippen LogP contribution < -0.4 is 0 Å². The summed E-state index contributed by atoms with van der Waals surface area (Å²) in [4.78, 5) is 14.5. The average molecular weight is 341 g/mol. The molecule has 1 aliphatic heterocycles. The minimum absolute atomic E-state index is 0.0619. The molecule has 6 heteroatoms. The Morgan fingerprint density at radius 3 is 2.79 bits per heavy atom. The maximum atomic E-state index is 12.8. The molecule has 1 heterocycles. The quantitative estimate of drug-likeness (QED) is 0.817. The summed E-state index contributed by atoms with van der Waals surface area (Å²) < 4.78 is 43.8. The zero-order valence-corrected chi connectivity index (χ0v) is 13.7. The summed E-state index contributed by atoms with van der Waals surface area (Å²) in [7, 11) is 0. The Labute approximate surface area is 139 Å². The van der Waals surface area contributed by atoms with E-state index in [1.807, 2.05) is 11.8 Å². The van der Waals surface area contributed by atoms with Gasteiger partial charge in [-0.15, -0.1) is 0 Å². The van der Waals surface area contributed by atoms with Crippen molar-refractivity contribution in [2.45, 2.75) is 31.9 Å². The number of alkyl halides is 3. The van der Waals surface area contributed by atoms with Crippen molar-refractivity contribution in [2.24, 2.45) is 11.8 Å². The first-order chi connectivity index (χ1) is 11.4. The molecule has 132 valence electrons. The predicted molar refractivity (Wildman–Crippen MR) is 83.5 cm³/mol. The molecular formula is C18H22F3NO2. The number of rotatable bonds is 5. The van der Waals surface area contributed by atoms with Gasteiger partial charge in [0.05, 0.1) is 12.2 Å². The van der Waals surface area contributed by atoms with Gasteiger partial charge in [0, 0.05) is 31.5 Å². The largest absolute Gasteiger partial charge is 0.416 e. The number of halogens is 3. The fraction of sp³-hybridized carbons (Fsp3) is 0.611. The molecule has 0 N–H and O–H groups in total. The van der Waals surface area contributed by atoms with Crippen molar-refractivity contribution in [2.75, 3.05) is 26.3 Å².